The lowest BCUT2D eigenvalue weighted by Gasteiger charge is -2.15. The zero-order valence-electron chi connectivity index (χ0n) is 13.8. The Hall–Kier alpha value is -2.88. The topological polar surface area (TPSA) is 61.8 Å². The molecule has 2 aromatic carbocycles. The molecule has 0 aliphatic heterocycles. The van der Waals surface area contributed by atoms with Crippen molar-refractivity contribution in [3.05, 3.63) is 53.7 Å². The summed E-state index contributed by atoms with van der Waals surface area (Å²) in [6.45, 7) is 4.36. The van der Waals surface area contributed by atoms with Crippen LogP contribution in [0.4, 0.5) is 0 Å². The first kappa shape index (κ1) is 14.7. The van der Waals surface area contributed by atoms with Crippen molar-refractivity contribution in [1.82, 2.24) is 15.2 Å². The maximum atomic E-state index is 9.57. The van der Waals surface area contributed by atoms with Crippen molar-refractivity contribution in [3.63, 3.8) is 0 Å². The van der Waals surface area contributed by atoms with Crippen LogP contribution in [0.3, 0.4) is 0 Å². The van der Waals surface area contributed by atoms with Gasteiger partial charge in [-0.15, -0.1) is 0 Å². The summed E-state index contributed by atoms with van der Waals surface area (Å²) < 4.78 is 0. The minimum absolute atomic E-state index is 0.272. The third kappa shape index (κ3) is 2.22. The summed E-state index contributed by atoms with van der Waals surface area (Å²) in [4.78, 5) is 4.96. The SMILES string of the molecule is CCCc1c(-c2ccc(O)cc2)nc2ccc3[nH]ncc3c2c1C. The molecule has 0 fully saturated rings. The number of pyridine rings is 1. The van der Waals surface area contributed by atoms with Gasteiger partial charge in [0.05, 0.1) is 22.9 Å². The molecule has 0 aliphatic carbocycles. The van der Waals surface area contributed by atoms with Crippen molar-refractivity contribution >= 4 is 21.8 Å². The summed E-state index contributed by atoms with van der Waals surface area (Å²) in [7, 11) is 0. The number of nitrogens with zero attached hydrogens (tertiary/aromatic N) is 2. The molecule has 4 heteroatoms. The van der Waals surface area contributed by atoms with Crippen molar-refractivity contribution in [1.29, 1.82) is 0 Å². The monoisotopic (exact) mass is 317 g/mol. The van der Waals surface area contributed by atoms with Gasteiger partial charge in [0.25, 0.3) is 0 Å². The number of hydrogen-bond acceptors (Lipinski definition) is 3. The van der Waals surface area contributed by atoms with E-state index in [1.165, 1.54) is 16.5 Å². The van der Waals surface area contributed by atoms with Crippen LogP contribution in [0.25, 0.3) is 33.1 Å². The first-order valence-corrected chi connectivity index (χ1v) is 8.23. The Morgan fingerprint density at radius 3 is 2.62 bits per heavy atom. The lowest BCUT2D eigenvalue weighted by Crippen LogP contribution is -1.99. The second-order valence-corrected chi connectivity index (χ2v) is 6.15. The average Bonchev–Trinajstić information content (AvgIpc) is 3.06. The highest BCUT2D eigenvalue weighted by molar-refractivity contribution is 6.07. The van der Waals surface area contributed by atoms with Crippen LogP contribution in [-0.2, 0) is 6.42 Å². The van der Waals surface area contributed by atoms with Gasteiger partial charge in [0.1, 0.15) is 5.75 Å². The van der Waals surface area contributed by atoms with Crippen LogP contribution in [0, 0.1) is 6.92 Å². The molecule has 0 spiro atoms. The quantitative estimate of drug-likeness (QED) is 0.573. The van der Waals surface area contributed by atoms with Gasteiger partial charge in [0, 0.05) is 16.3 Å². The molecule has 4 aromatic rings. The molecule has 0 saturated carbocycles. The van der Waals surface area contributed by atoms with Gasteiger partial charge in [-0.1, -0.05) is 13.3 Å². The Bertz CT molecular complexity index is 1030. The fourth-order valence-electron chi connectivity index (χ4n) is 3.42. The van der Waals surface area contributed by atoms with E-state index in [0.29, 0.717) is 0 Å². The smallest absolute Gasteiger partial charge is 0.115 e. The van der Waals surface area contributed by atoms with Gasteiger partial charge in [-0.2, -0.15) is 5.10 Å². The molecule has 0 aliphatic rings. The lowest BCUT2D eigenvalue weighted by molar-refractivity contribution is 0.475. The highest BCUT2D eigenvalue weighted by Crippen LogP contribution is 2.34. The van der Waals surface area contributed by atoms with E-state index in [-0.39, 0.29) is 5.75 Å². The third-order valence-corrected chi connectivity index (χ3v) is 4.59. The zero-order chi connectivity index (χ0) is 16.7. The maximum Gasteiger partial charge on any atom is 0.115 e. The van der Waals surface area contributed by atoms with Crippen molar-refractivity contribution < 1.29 is 5.11 Å². The van der Waals surface area contributed by atoms with E-state index in [2.05, 4.69) is 24.0 Å². The molecule has 4 rings (SSSR count). The Morgan fingerprint density at radius 2 is 1.88 bits per heavy atom. The second-order valence-electron chi connectivity index (χ2n) is 6.15. The number of phenolic OH excluding ortho intramolecular Hbond substituents is 1. The van der Waals surface area contributed by atoms with E-state index in [1.807, 2.05) is 30.5 Å². The van der Waals surface area contributed by atoms with Crippen LogP contribution in [0.2, 0.25) is 0 Å². The van der Waals surface area contributed by atoms with Gasteiger partial charge in [0.2, 0.25) is 0 Å². The normalized spacial score (nSPS) is 11.4. The number of hydrogen-bond donors (Lipinski definition) is 2. The van der Waals surface area contributed by atoms with Gasteiger partial charge in [0.15, 0.2) is 0 Å². The van der Waals surface area contributed by atoms with Gasteiger partial charge in [-0.25, -0.2) is 4.98 Å². The Balaban J connectivity index is 2.07. The Kier molecular flexibility index (Phi) is 3.45. The molecular weight excluding hydrogens is 298 g/mol. The number of aromatic nitrogens is 3. The molecule has 0 amide bonds. The number of nitrogens with one attached hydrogen (secondary N) is 1. The minimum atomic E-state index is 0.272. The molecule has 2 aromatic heterocycles. The van der Waals surface area contributed by atoms with E-state index < -0.39 is 0 Å². The van der Waals surface area contributed by atoms with Gasteiger partial charge in [-0.3, -0.25) is 5.10 Å². The number of phenols is 1. The maximum absolute atomic E-state index is 9.57. The predicted molar refractivity (Wildman–Crippen MR) is 97.2 cm³/mol. The molecule has 0 saturated heterocycles. The van der Waals surface area contributed by atoms with Crippen LogP contribution >= 0.6 is 0 Å². The fraction of sp³-hybridized carbons (Fsp3) is 0.200. The first-order valence-electron chi connectivity index (χ1n) is 8.23. The van der Waals surface area contributed by atoms with Crippen molar-refractivity contribution in [2.75, 3.05) is 0 Å². The van der Waals surface area contributed by atoms with Gasteiger partial charge < -0.3 is 5.11 Å². The summed E-state index contributed by atoms with van der Waals surface area (Å²) in [5.74, 6) is 0.272. The molecule has 4 nitrogen and oxygen atoms in total. The van der Waals surface area contributed by atoms with Gasteiger partial charge >= 0.3 is 0 Å². The summed E-state index contributed by atoms with van der Waals surface area (Å²) in [5.41, 5.74) is 6.58. The highest BCUT2D eigenvalue weighted by atomic mass is 16.3. The van der Waals surface area contributed by atoms with Crippen LogP contribution in [0.5, 0.6) is 5.75 Å². The van der Waals surface area contributed by atoms with Crippen molar-refractivity contribution in [3.8, 4) is 17.0 Å². The van der Waals surface area contributed by atoms with E-state index in [4.69, 9.17) is 4.98 Å². The zero-order valence-corrected chi connectivity index (χ0v) is 13.8. The number of aryl methyl sites for hydroxylation is 1. The standard InChI is InChI=1S/C20H19N3O/c1-3-4-15-12(2)19-16-11-21-23-17(16)9-10-18(19)22-20(15)13-5-7-14(24)8-6-13/h5-11,24H,3-4H2,1-2H3,(H,21,23). The summed E-state index contributed by atoms with van der Waals surface area (Å²) in [6, 6.07) is 11.4. The predicted octanol–water partition coefficient (Wildman–Crippen LogP) is 4.74. The molecular formula is C20H19N3O. The fourth-order valence-corrected chi connectivity index (χ4v) is 3.42. The van der Waals surface area contributed by atoms with E-state index >= 15 is 0 Å². The number of fused-ring (bicyclic) bond motifs is 3. The molecule has 0 atom stereocenters. The number of H-pyrrole nitrogens is 1. The molecule has 2 N–H and O–H groups in total. The third-order valence-electron chi connectivity index (χ3n) is 4.59. The van der Waals surface area contributed by atoms with E-state index in [1.54, 1.807) is 12.1 Å². The van der Waals surface area contributed by atoms with Crippen LogP contribution < -0.4 is 0 Å². The Morgan fingerprint density at radius 1 is 1.08 bits per heavy atom. The average molecular weight is 317 g/mol. The first-order chi connectivity index (χ1) is 11.7. The van der Waals surface area contributed by atoms with Crippen LogP contribution in [0.1, 0.15) is 24.5 Å². The largest absolute Gasteiger partial charge is 0.508 e. The van der Waals surface area contributed by atoms with Crippen LogP contribution in [-0.4, -0.2) is 20.3 Å². The molecule has 120 valence electrons. The second kappa shape index (κ2) is 5.64. The van der Waals surface area contributed by atoms with Crippen molar-refractivity contribution in [2.45, 2.75) is 26.7 Å². The number of benzene rings is 2. The molecule has 0 unspecified atom stereocenters. The molecule has 0 radical (unpaired) electrons. The lowest BCUT2D eigenvalue weighted by atomic mass is 9.93. The van der Waals surface area contributed by atoms with E-state index in [9.17, 15) is 5.11 Å². The molecule has 24 heavy (non-hydrogen) atoms. The molecule has 0 bridgehead atoms. The van der Waals surface area contributed by atoms with E-state index in [0.717, 1.165) is 40.5 Å². The minimum Gasteiger partial charge on any atom is -0.508 e. The van der Waals surface area contributed by atoms with Gasteiger partial charge in [-0.05, 0) is 60.9 Å². The Labute approximate surface area is 140 Å². The summed E-state index contributed by atoms with van der Waals surface area (Å²) in [6.07, 6.45) is 3.90. The number of rotatable bonds is 3. The highest BCUT2D eigenvalue weighted by Gasteiger charge is 2.15. The molecule has 2 heterocycles. The van der Waals surface area contributed by atoms with Crippen LogP contribution in [0.15, 0.2) is 42.6 Å². The number of aromatic amines is 1. The summed E-state index contributed by atoms with van der Waals surface area (Å²) >= 11 is 0. The summed E-state index contributed by atoms with van der Waals surface area (Å²) in [5, 5.41) is 19.1. The number of aromatic hydroxyl groups is 1. The van der Waals surface area contributed by atoms with Crippen molar-refractivity contribution in [2.24, 2.45) is 0 Å².